The van der Waals surface area contributed by atoms with Gasteiger partial charge >= 0.3 is 0 Å². The first-order valence-electron chi connectivity index (χ1n) is 6.76. The van der Waals surface area contributed by atoms with Gasteiger partial charge in [0.05, 0.1) is 0 Å². The molecule has 3 fully saturated rings. The Morgan fingerprint density at radius 1 is 1.28 bits per heavy atom. The lowest BCUT2D eigenvalue weighted by Gasteiger charge is -2.11. The molecule has 3 saturated carbocycles. The molecule has 94 valence electrons. The van der Waals surface area contributed by atoms with Crippen LogP contribution in [0.15, 0.2) is 18.3 Å². The molecule has 3 aliphatic carbocycles. The molecule has 2 bridgehead atoms. The van der Waals surface area contributed by atoms with E-state index in [2.05, 4.69) is 10.3 Å². The van der Waals surface area contributed by atoms with Crippen LogP contribution in [0.1, 0.15) is 24.8 Å². The van der Waals surface area contributed by atoms with E-state index in [9.17, 15) is 0 Å². The van der Waals surface area contributed by atoms with Crippen LogP contribution >= 0.6 is 12.2 Å². The summed E-state index contributed by atoms with van der Waals surface area (Å²) in [5, 5.41) is 3.59. The van der Waals surface area contributed by atoms with Crippen LogP contribution in [0, 0.1) is 23.7 Å². The predicted molar refractivity (Wildman–Crippen MR) is 75.3 cm³/mol. The summed E-state index contributed by atoms with van der Waals surface area (Å²) in [5.74, 6) is 4.82. The average molecular weight is 259 g/mol. The van der Waals surface area contributed by atoms with Gasteiger partial charge in [-0.25, -0.2) is 4.98 Å². The normalized spacial score (nSPS) is 39.4. The molecule has 4 unspecified atom stereocenters. The van der Waals surface area contributed by atoms with E-state index in [1.54, 1.807) is 6.20 Å². The lowest BCUT2D eigenvalue weighted by atomic mass is 10.0. The van der Waals surface area contributed by atoms with Gasteiger partial charge in [0.1, 0.15) is 10.8 Å². The first-order valence-corrected chi connectivity index (χ1v) is 7.17. The Morgan fingerprint density at radius 3 is 2.56 bits per heavy atom. The fourth-order valence-electron chi connectivity index (χ4n) is 4.31. The van der Waals surface area contributed by atoms with Crippen LogP contribution < -0.4 is 11.1 Å². The highest BCUT2D eigenvalue weighted by molar-refractivity contribution is 7.80. The predicted octanol–water partition coefficient (Wildman–Crippen LogP) is 2.17. The van der Waals surface area contributed by atoms with Crippen LogP contribution in [0.3, 0.4) is 0 Å². The van der Waals surface area contributed by atoms with Crippen LogP contribution in [-0.4, -0.2) is 16.0 Å². The standard InChI is InChI=1S/C14H17N3S/c15-14(18)9-3-4-10(16-6-9)17-13-11-7-1-2-8(5-7)12(11)13/h3-4,6-8,11-13H,1-2,5H2,(H2,15,18)(H,16,17). The molecule has 4 atom stereocenters. The molecule has 4 heteroatoms. The topological polar surface area (TPSA) is 50.9 Å². The summed E-state index contributed by atoms with van der Waals surface area (Å²) >= 11 is 4.93. The van der Waals surface area contributed by atoms with E-state index in [4.69, 9.17) is 18.0 Å². The second kappa shape index (κ2) is 3.67. The Labute approximate surface area is 112 Å². The van der Waals surface area contributed by atoms with Crippen molar-refractivity contribution in [2.24, 2.45) is 29.4 Å². The number of aromatic nitrogens is 1. The Bertz CT molecular complexity index is 482. The SMILES string of the molecule is NC(=S)c1ccc(NC2C3C4CCC(C4)C23)nc1. The molecule has 0 spiro atoms. The number of nitrogens with one attached hydrogen (secondary N) is 1. The van der Waals surface area contributed by atoms with Crippen molar-refractivity contribution in [3.05, 3.63) is 23.9 Å². The first kappa shape index (κ1) is 10.7. The van der Waals surface area contributed by atoms with E-state index in [-0.39, 0.29) is 0 Å². The van der Waals surface area contributed by atoms with Crippen molar-refractivity contribution in [1.29, 1.82) is 0 Å². The van der Waals surface area contributed by atoms with E-state index in [1.165, 1.54) is 19.3 Å². The third-order valence-corrected chi connectivity index (χ3v) is 5.33. The van der Waals surface area contributed by atoms with Gasteiger partial charge in [0, 0.05) is 17.8 Å². The molecule has 3 nitrogen and oxygen atoms in total. The van der Waals surface area contributed by atoms with Crippen molar-refractivity contribution >= 4 is 23.0 Å². The number of pyridine rings is 1. The van der Waals surface area contributed by atoms with Gasteiger partial charge in [0.25, 0.3) is 0 Å². The number of anilines is 1. The largest absolute Gasteiger partial charge is 0.389 e. The molecule has 0 saturated heterocycles. The molecule has 0 aromatic carbocycles. The average Bonchev–Trinajstić information content (AvgIpc) is 2.78. The Balaban J connectivity index is 1.46. The van der Waals surface area contributed by atoms with Crippen molar-refractivity contribution in [2.75, 3.05) is 5.32 Å². The zero-order chi connectivity index (χ0) is 12.3. The smallest absolute Gasteiger partial charge is 0.126 e. The molecular formula is C14H17N3S. The number of rotatable bonds is 3. The molecule has 3 N–H and O–H groups in total. The van der Waals surface area contributed by atoms with E-state index >= 15 is 0 Å². The third kappa shape index (κ3) is 1.48. The quantitative estimate of drug-likeness (QED) is 0.817. The van der Waals surface area contributed by atoms with Crippen molar-refractivity contribution < 1.29 is 0 Å². The monoisotopic (exact) mass is 259 g/mol. The Hall–Kier alpha value is -1.16. The van der Waals surface area contributed by atoms with E-state index in [0.29, 0.717) is 11.0 Å². The Kier molecular flexibility index (Phi) is 2.19. The molecule has 1 aromatic heterocycles. The number of hydrogen-bond acceptors (Lipinski definition) is 3. The molecule has 4 rings (SSSR count). The molecule has 18 heavy (non-hydrogen) atoms. The summed E-state index contributed by atoms with van der Waals surface area (Å²) in [6.45, 7) is 0. The zero-order valence-corrected chi connectivity index (χ0v) is 11.0. The molecule has 0 aliphatic heterocycles. The van der Waals surface area contributed by atoms with Gasteiger partial charge in [-0.1, -0.05) is 12.2 Å². The van der Waals surface area contributed by atoms with Crippen molar-refractivity contribution in [2.45, 2.75) is 25.3 Å². The van der Waals surface area contributed by atoms with Crippen LogP contribution in [0.5, 0.6) is 0 Å². The van der Waals surface area contributed by atoms with E-state index in [1.807, 2.05) is 12.1 Å². The fourth-order valence-corrected chi connectivity index (χ4v) is 4.43. The van der Waals surface area contributed by atoms with E-state index in [0.717, 1.165) is 35.1 Å². The van der Waals surface area contributed by atoms with Gasteiger partial charge in [0.15, 0.2) is 0 Å². The maximum Gasteiger partial charge on any atom is 0.126 e. The second-order valence-corrected chi connectivity index (χ2v) is 6.39. The molecule has 1 heterocycles. The number of nitrogens with two attached hydrogens (primary N) is 1. The van der Waals surface area contributed by atoms with Gasteiger partial charge in [-0.3, -0.25) is 0 Å². The van der Waals surface area contributed by atoms with Gasteiger partial charge < -0.3 is 11.1 Å². The molecule has 3 aliphatic rings. The third-order valence-electron chi connectivity index (χ3n) is 5.10. The summed E-state index contributed by atoms with van der Waals surface area (Å²) in [6.07, 6.45) is 6.16. The minimum Gasteiger partial charge on any atom is -0.389 e. The fraction of sp³-hybridized carbons (Fsp3) is 0.571. The summed E-state index contributed by atoms with van der Waals surface area (Å²) in [6, 6.07) is 4.62. The zero-order valence-electron chi connectivity index (χ0n) is 10.2. The summed E-state index contributed by atoms with van der Waals surface area (Å²) in [4.78, 5) is 4.81. The van der Waals surface area contributed by atoms with Gasteiger partial charge in [-0.2, -0.15) is 0 Å². The van der Waals surface area contributed by atoms with Gasteiger partial charge in [-0.15, -0.1) is 0 Å². The maximum atomic E-state index is 5.57. The summed E-state index contributed by atoms with van der Waals surface area (Å²) in [5.41, 5.74) is 6.41. The summed E-state index contributed by atoms with van der Waals surface area (Å²) < 4.78 is 0. The van der Waals surface area contributed by atoms with Crippen molar-refractivity contribution in [3.63, 3.8) is 0 Å². The molecular weight excluding hydrogens is 242 g/mol. The van der Waals surface area contributed by atoms with Crippen LogP contribution in [0.25, 0.3) is 0 Å². The van der Waals surface area contributed by atoms with Gasteiger partial charge in [0.2, 0.25) is 0 Å². The number of hydrogen-bond donors (Lipinski definition) is 2. The lowest BCUT2D eigenvalue weighted by Crippen LogP contribution is -2.14. The van der Waals surface area contributed by atoms with Crippen LogP contribution in [0.4, 0.5) is 5.82 Å². The second-order valence-electron chi connectivity index (χ2n) is 5.95. The molecule has 1 aromatic rings. The van der Waals surface area contributed by atoms with E-state index < -0.39 is 0 Å². The highest BCUT2D eigenvalue weighted by atomic mass is 32.1. The minimum atomic E-state index is 0.412. The first-order chi connectivity index (χ1) is 8.74. The number of fused-ring (bicyclic) bond motifs is 5. The highest BCUT2D eigenvalue weighted by Gasteiger charge is 2.65. The van der Waals surface area contributed by atoms with Crippen molar-refractivity contribution in [3.8, 4) is 0 Å². The van der Waals surface area contributed by atoms with Crippen LogP contribution in [0.2, 0.25) is 0 Å². The highest BCUT2D eigenvalue weighted by Crippen LogP contribution is 2.66. The molecule has 0 amide bonds. The maximum absolute atomic E-state index is 5.57. The van der Waals surface area contributed by atoms with Gasteiger partial charge in [-0.05, 0) is 55.1 Å². The number of thiocarbonyl (C=S) groups is 1. The Morgan fingerprint density at radius 2 is 2.00 bits per heavy atom. The molecule has 0 radical (unpaired) electrons. The lowest BCUT2D eigenvalue weighted by molar-refractivity contribution is 0.456. The van der Waals surface area contributed by atoms with Crippen LogP contribution in [-0.2, 0) is 0 Å². The minimum absolute atomic E-state index is 0.412. The van der Waals surface area contributed by atoms with Crippen molar-refractivity contribution in [1.82, 2.24) is 4.98 Å². The summed E-state index contributed by atoms with van der Waals surface area (Å²) in [7, 11) is 0. The number of nitrogens with zero attached hydrogens (tertiary/aromatic N) is 1.